The van der Waals surface area contributed by atoms with Crippen LogP contribution in [-0.4, -0.2) is 26.8 Å². The fourth-order valence-corrected chi connectivity index (χ4v) is 2.81. The maximum Gasteiger partial charge on any atom is 0.233 e. The summed E-state index contributed by atoms with van der Waals surface area (Å²) in [6, 6.07) is 12.7. The van der Waals surface area contributed by atoms with Crippen LogP contribution in [-0.2, 0) is 17.9 Å². The van der Waals surface area contributed by atoms with Gasteiger partial charge in [-0.15, -0.1) is 0 Å². The van der Waals surface area contributed by atoms with E-state index in [-0.39, 0.29) is 10.8 Å². The van der Waals surface area contributed by atoms with Crippen LogP contribution in [0.4, 0.5) is 0 Å². The molecule has 6 nitrogen and oxygen atoms in total. The number of amides is 1. The molecular formula is C18H19N3O3. The van der Waals surface area contributed by atoms with Gasteiger partial charge in [-0.25, -0.2) is 0 Å². The Labute approximate surface area is 140 Å². The molecule has 0 bridgehead atoms. The molecule has 0 spiro atoms. The average molecular weight is 325 g/mol. The third-order valence-corrected chi connectivity index (χ3v) is 4.36. The number of hydrogen-bond donors (Lipinski definition) is 0. The SMILES string of the molecule is Cc1ccccc1CN(Cc1ccccn1)C(=O)[C@@H]1C[C@H]1[N+](=O)[O-]. The highest BCUT2D eigenvalue weighted by Crippen LogP contribution is 2.35. The highest BCUT2D eigenvalue weighted by Gasteiger charge is 2.54. The van der Waals surface area contributed by atoms with Crippen molar-refractivity contribution < 1.29 is 9.72 Å². The first kappa shape index (κ1) is 16.1. The average Bonchev–Trinajstić information content (AvgIpc) is 3.37. The first-order chi connectivity index (χ1) is 11.6. The van der Waals surface area contributed by atoms with Crippen LogP contribution in [0.3, 0.4) is 0 Å². The molecule has 1 heterocycles. The van der Waals surface area contributed by atoms with Crippen LogP contribution in [0.2, 0.25) is 0 Å². The molecular weight excluding hydrogens is 306 g/mol. The zero-order valence-electron chi connectivity index (χ0n) is 13.5. The Balaban J connectivity index is 1.80. The number of nitro groups is 1. The van der Waals surface area contributed by atoms with Gasteiger partial charge in [0.2, 0.25) is 11.9 Å². The van der Waals surface area contributed by atoms with E-state index in [9.17, 15) is 14.9 Å². The fourth-order valence-electron chi connectivity index (χ4n) is 2.81. The summed E-state index contributed by atoms with van der Waals surface area (Å²) in [5, 5.41) is 10.9. The maximum absolute atomic E-state index is 12.7. The zero-order valence-corrected chi connectivity index (χ0v) is 13.5. The van der Waals surface area contributed by atoms with Crippen molar-refractivity contribution in [2.75, 3.05) is 0 Å². The summed E-state index contributed by atoms with van der Waals surface area (Å²) in [6.45, 7) is 2.79. The molecule has 1 aliphatic rings. The van der Waals surface area contributed by atoms with Crippen molar-refractivity contribution in [3.05, 3.63) is 75.6 Å². The minimum Gasteiger partial charge on any atom is -0.332 e. The lowest BCUT2D eigenvalue weighted by molar-refractivity contribution is -0.497. The molecule has 1 aromatic heterocycles. The molecule has 6 heteroatoms. The first-order valence-corrected chi connectivity index (χ1v) is 7.93. The number of aryl methyl sites for hydroxylation is 1. The number of carbonyl (C=O) groups excluding carboxylic acids is 1. The van der Waals surface area contributed by atoms with Crippen LogP contribution >= 0.6 is 0 Å². The van der Waals surface area contributed by atoms with E-state index in [0.29, 0.717) is 19.5 Å². The Morgan fingerprint density at radius 2 is 2.00 bits per heavy atom. The molecule has 0 unspecified atom stereocenters. The van der Waals surface area contributed by atoms with Gasteiger partial charge < -0.3 is 4.90 Å². The smallest absolute Gasteiger partial charge is 0.233 e. The second kappa shape index (κ2) is 6.78. The quantitative estimate of drug-likeness (QED) is 0.604. The van der Waals surface area contributed by atoms with Gasteiger partial charge in [0.25, 0.3) is 0 Å². The van der Waals surface area contributed by atoms with Crippen molar-refractivity contribution in [1.29, 1.82) is 0 Å². The van der Waals surface area contributed by atoms with Gasteiger partial charge in [-0.05, 0) is 30.2 Å². The van der Waals surface area contributed by atoms with Gasteiger partial charge in [-0.3, -0.25) is 19.9 Å². The van der Waals surface area contributed by atoms with Gasteiger partial charge in [-0.2, -0.15) is 0 Å². The third kappa shape index (κ3) is 3.59. The predicted octanol–water partition coefficient (Wildman–Crippen LogP) is 2.58. The van der Waals surface area contributed by atoms with E-state index in [1.807, 2.05) is 49.4 Å². The summed E-state index contributed by atoms with van der Waals surface area (Å²) in [5.74, 6) is -0.668. The van der Waals surface area contributed by atoms with Gasteiger partial charge in [0.05, 0.1) is 12.2 Å². The predicted molar refractivity (Wildman–Crippen MR) is 88.6 cm³/mol. The van der Waals surface area contributed by atoms with E-state index >= 15 is 0 Å². The van der Waals surface area contributed by atoms with Crippen molar-refractivity contribution in [2.24, 2.45) is 5.92 Å². The Bertz CT molecular complexity index is 748. The minimum absolute atomic E-state index is 0.161. The van der Waals surface area contributed by atoms with E-state index in [1.54, 1.807) is 11.1 Å². The number of rotatable bonds is 6. The van der Waals surface area contributed by atoms with Crippen molar-refractivity contribution in [1.82, 2.24) is 9.88 Å². The maximum atomic E-state index is 12.7. The molecule has 24 heavy (non-hydrogen) atoms. The summed E-state index contributed by atoms with van der Waals surface area (Å²) in [6.07, 6.45) is 2.01. The molecule has 1 saturated carbocycles. The number of benzene rings is 1. The van der Waals surface area contributed by atoms with Gasteiger partial charge >= 0.3 is 0 Å². The number of aromatic nitrogens is 1. The molecule has 0 aliphatic heterocycles. The van der Waals surface area contributed by atoms with Crippen molar-refractivity contribution in [2.45, 2.75) is 32.5 Å². The highest BCUT2D eigenvalue weighted by atomic mass is 16.6. The van der Waals surface area contributed by atoms with Crippen LogP contribution in [0, 0.1) is 23.0 Å². The summed E-state index contributed by atoms with van der Waals surface area (Å²) in [7, 11) is 0. The van der Waals surface area contributed by atoms with Crippen LogP contribution < -0.4 is 0 Å². The number of carbonyl (C=O) groups is 1. The van der Waals surface area contributed by atoms with Crippen LogP contribution in [0.25, 0.3) is 0 Å². The topological polar surface area (TPSA) is 76.3 Å². The van der Waals surface area contributed by atoms with E-state index in [1.165, 1.54) is 0 Å². The van der Waals surface area contributed by atoms with Crippen molar-refractivity contribution in [3.8, 4) is 0 Å². The van der Waals surface area contributed by atoms with E-state index in [2.05, 4.69) is 4.98 Å². The van der Waals surface area contributed by atoms with Gasteiger partial charge in [0, 0.05) is 24.1 Å². The zero-order chi connectivity index (χ0) is 17.1. The summed E-state index contributed by atoms with van der Waals surface area (Å²) in [4.78, 5) is 29.2. The molecule has 1 fully saturated rings. The fraction of sp³-hybridized carbons (Fsp3) is 0.333. The summed E-state index contributed by atoms with van der Waals surface area (Å²) >= 11 is 0. The van der Waals surface area contributed by atoms with E-state index in [0.717, 1.165) is 16.8 Å². The second-order valence-electron chi connectivity index (χ2n) is 6.14. The third-order valence-electron chi connectivity index (χ3n) is 4.36. The number of pyridine rings is 1. The van der Waals surface area contributed by atoms with Gasteiger partial charge in [-0.1, -0.05) is 30.3 Å². The minimum atomic E-state index is -0.736. The number of nitrogens with zero attached hydrogens (tertiary/aromatic N) is 3. The lowest BCUT2D eigenvalue weighted by atomic mass is 10.1. The lowest BCUT2D eigenvalue weighted by Crippen LogP contribution is -2.33. The number of hydrogen-bond acceptors (Lipinski definition) is 4. The summed E-state index contributed by atoms with van der Waals surface area (Å²) < 4.78 is 0. The molecule has 2 atom stereocenters. The Morgan fingerprint density at radius 3 is 2.62 bits per heavy atom. The molecule has 1 amide bonds. The Hall–Kier alpha value is -2.76. The Kier molecular flexibility index (Phi) is 4.55. The molecule has 3 rings (SSSR count). The standard InChI is InChI=1S/C18H19N3O3/c1-13-6-2-3-7-14(13)11-20(12-15-8-4-5-9-19-15)18(22)16-10-17(16)21(23)24/h2-9,16-17H,10-12H2,1H3/t16-,17-/m1/s1. The Morgan fingerprint density at radius 1 is 1.25 bits per heavy atom. The molecule has 1 aromatic carbocycles. The molecule has 1 aliphatic carbocycles. The second-order valence-corrected chi connectivity index (χ2v) is 6.14. The van der Waals surface area contributed by atoms with Gasteiger partial charge in [0.15, 0.2) is 0 Å². The molecule has 2 aromatic rings. The summed E-state index contributed by atoms with van der Waals surface area (Å²) in [5.41, 5.74) is 2.91. The highest BCUT2D eigenvalue weighted by molar-refractivity contribution is 5.82. The van der Waals surface area contributed by atoms with E-state index < -0.39 is 12.0 Å². The van der Waals surface area contributed by atoms with Crippen molar-refractivity contribution in [3.63, 3.8) is 0 Å². The first-order valence-electron chi connectivity index (χ1n) is 7.93. The molecule has 0 saturated heterocycles. The van der Waals surface area contributed by atoms with Crippen LogP contribution in [0.15, 0.2) is 48.7 Å². The van der Waals surface area contributed by atoms with Crippen LogP contribution in [0.1, 0.15) is 23.2 Å². The van der Waals surface area contributed by atoms with Gasteiger partial charge in [0.1, 0.15) is 5.92 Å². The van der Waals surface area contributed by atoms with E-state index in [4.69, 9.17) is 0 Å². The van der Waals surface area contributed by atoms with Crippen molar-refractivity contribution >= 4 is 5.91 Å². The van der Waals surface area contributed by atoms with Crippen LogP contribution in [0.5, 0.6) is 0 Å². The lowest BCUT2D eigenvalue weighted by Gasteiger charge is -2.23. The molecule has 124 valence electrons. The monoisotopic (exact) mass is 325 g/mol. The largest absolute Gasteiger partial charge is 0.332 e. The normalized spacial score (nSPS) is 18.9. The molecule has 0 N–H and O–H groups in total. The molecule has 0 radical (unpaired) electrons.